The van der Waals surface area contributed by atoms with Gasteiger partial charge in [-0.1, -0.05) is 213 Å². The summed E-state index contributed by atoms with van der Waals surface area (Å²) in [7, 11) is 0. The third kappa shape index (κ3) is 29.2. The lowest BCUT2D eigenvalue weighted by atomic mass is 9.95. The van der Waals surface area contributed by atoms with Crippen LogP contribution in [0.4, 0.5) is 0 Å². The molecule has 336 valence electrons. The highest BCUT2D eigenvalue weighted by Gasteiger charge is 2.50. The van der Waals surface area contributed by atoms with Crippen molar-refractivity contribution in [3.63, 3.8) is 0 Å². The zero-order chi connectivity index (χ0) is 41.6. The van der Waals surface area contributed by atoms with Crippen molar-refractivity contribution >= 4 is 17.8 Å². The summed E-state index contributed by atoms with van der Waals surface area (Å²) in [6, 6.07) is -1.13. The van der Waals surface area contributed by atoms with E-state index in [0.717, 1.165) is 57.8 Å². The second-order valence-corrected chi connectivity index (χ2v) is 17.1. The smallest absolute Gasteiger partial charge is 0.306 e. The minimum Gasteiger partial charge on any atom is -0.456 e. The second kappa shape index (κ2) is 38.5. The van der Waals surface area contributed by atoms with Gasteiger partial charge < -0.3 is 29.7 Å². The van der Waals surface area contributed by atoms with Crippen LogP contribution in [0, 0.1) is 0 Å². The summed E-state index contributed by atoms with van der Waals surface area (Å²) in [6.45, 7) is 6.17. The van der Waals surface area contributed by atoms with Gasteiger partial charge in [-0.25, -0.2) is 0 Å². The molecule has 1 aliphatic rings. The Morgan fingerprint density at radius 3 is 1.09 bits per heavy atom. The molecule has 5 atom stereocenters. The van der Waals surface area contributed by atoms with Gasteiger partial charge in [0.05, 0.1) is 6.61 Å². The van der Waals surface area contributed by atoms with Gasteiger partial charge in [0.25, 0.3) is 0 Å². The van der Waals surface area contributed by atoms with Crippen LogP contribution in [0.3, 0.4) is 0 Å². The summed E-state index contributed by atoms with van der Waals surface area (Å²) < 4.78 is 17.5. The predicted octanol–water partition coefficient (Wildman–Crippen LogP) is 12.1. The van der Waals surface area contributed by atoms with Crippen molar-refractivity contribution in [2.24, 2.45) is 0 Å². The molecular formula is C48H91NO8. The molecule has 9 nitrogen and oxygen atoms in total. The number of nitrogens with one attached hydrogen (secondary N) is 1. The van der Waals surface area contributed by atoms with Crippen LogP contribution in [0.15, 0.2) is 0 Å². The third-order valence-electron chi connectivity index (χ3n) is 11.7. The van der Waals surface area contributed by atoms with Crippen LogP contribution in [0.1, 0.15) is 252 Å². The maximum absolute atomic E-state index is 13.2. The van der Waals surface area contributed by atoms with Crippen molar-refractivity contribution in [2.75, 3.05) is 6.61 Å². The fraction of sp³-hybridized carbons (Fsp3) is 0.938. The lowest BCUT2D eigenvalue weighted by Gasteiger charge is -2.43. The Bertz CT molecular complexity index is 947. The summed E-state index contributed by atoms with van der Waals surface area (Å²) >= 11 is 0. The van der Waals surface area contributed by atoms with E-state index in [0.29, 0.717) is 19.3 Å². The van der Waals surface area contributed by atoms with Gasteiger partial charge >= 0.3 is 11.9 Å². The van der Waals surface area contributed by atoms with Crippen LogP contribution in [-0.2, 0) is 28.6 Å². The highest BCUT2D eigenvalue weighted by Crippen LogP contribution is 2.27. The van der Waals surface area contributed by atoms with E-state index in [2.05, 4.69) is 26.1 Å². The van der Waals surface area contributed by atoms with Gasteiger partial charge in [0.2, 0.25) is 5.91 Å². The summed E-state index contributed by atoms with van der Waals surface area (Å²) in [5, 5.41) is 24.1. The van der Waals surface area contributed by atoms with Crippen LogP contribution in [-0.4, -0.2) is 65.3 Å². The topological polar surface area (TPSA) is 131 Å². The lowest BCUT2D eigenvalue weighted by molar-refractivity contribution is -0.264. The molecule has 1 rings (SSSR count). The molecule has 1 fully saturated rings. The highest BCUT2D eigenvalue weighted by atomic mass is 16.7. The first kappa shape index (κ1) is 53.3. The number of aliphatic hydroxyl groups is 2. The van der Waals surface area contributed by atoms with E-state index >= 15 is 0 Å². The van der Waals surface area contributed by atoms with E-state index in [-0.39, 0.29) is 25.2 Å². The Labute approximate surface area is 350 Å². The van der Waals surface area contributed by atoms with Crippen LogP contribution < -0.4 is 5.32 Å². The van der Waals surface area contributed by atoms with Crippen LogP contribution in [0.25, 0.3) is 0 Å². The minimum atomic E-state index is -1.54. The molecule has 57 heavy (non-hydrogen) atoms. The van der Waals surface area contributed by atoms with Crippen molar-refractivity contribution in [2.45, 2.75) is 283 Å². The second-order valence-electron chi connectivity index (χ2n) is 17.1. The molecule has 0 radical (unpaired) electrons. The van der Waals surface area contributed by atoms with E-state index in [4.69, 9.17) is 14.2 Å². The largest absolute Gasteiger partial charge is 0.456 e. The van der Waals surface area contributed by atoms with E-state index in [1.54, 1.807) is 0 Å². The van der Waals surface area contributed by atoms with Gasteiger partial charge in [0.15, 0.2) is 18.5 Å². The maximum atomic E-state index is 13.2. The number of ether oxygens (including phenoxy) is 3. The Hall–Kier alpha value is -1.71. The number of esters is 2. The summed E-state index contributed by atoms with van der Waals surface area (Å²) in [6.07, 6.45) is 34.2. The quantitative estimate of drug-likeness (QED) is 0.0412. The highest BCUT2D eigenvalue weighted by molar-refractivity contribution is 5.76. The van der Waals surface area contributed by atoms with Gasteiger partial charge in [-0.3, -0.25) is 14.4 Å². The van der Waals surface area contributed by atoms with Gasteiger partial charge in [-0.2, -0.15) is 0 Å². The van der Waals surface area contributed by atoms with Crippen molar-refractivity contribution in [3.8, 4) is 0 Å². The monoisotopic (exact) mass is 810 g/mol. The fourth-order valence-corrected chi connectivity index (χ4v) is 8.00. The van der Waals surface area contributed by atoms with Crippen LogP contribution >= 0.6 is 0 Å². The molecule has 0 aromatic carbocycles. The molecule has 0 saturated carbocycles. The van der Waals surface area contributed by atoms with Gasteiger partial charge in [0, 0.05) is 19.3 Å². The molecule has 2 unspecified atom stereocenters. The molecule has 1 amide bonds. The Morgan fingerprint density at radius 1 is 0.456 bits per heavy atom. The maximum Gasteiger partial charge on any atom is 0.306 e. The molecule has 1 aliphatic heterocycles. The van der Waals surface area contributed by atoms with Crippen molar-refractivity contribution in [3.05, 3.63) is 0 Å². The van der Waals surface area contributed by atoms with Crippen LogP contribution in [0.5, 0.6) is 0 Å². The third-order valence-corrected chi connectivity index (χ3v) is 11.7. The Morgan fingerprint density at radius 2 is 0.754 bits per heavy atom. The Balaban J connectivity index is 2.68. The van der Waals surface area contributed by atoms with E-state index < -0.39 is 49.2 Å². The first-order valence-electron chi connectivity index (χ1n) is 24.5. The Kier molecular flexibility index (Phi) is 36.0. The lowest BCUT2D eigenvalue weighted by Crippen LogP contribution is -2.66. The number of hydrogen-bond acceptors (Lipinski definition) is 8. The number of carbonyl (C=O) groups excluding carboxylic acids is 3. The molecule has 0 aromatic heterocycles. The van der Waals surface area contributed by atoms with Gasteiger partial charge in [0.1, 0.15) is 12.1 Å². The zero-order valence-corrected chi connectivity index (χ0v) is 37.4. The molecule has 3 N–H and O–H groups in total. The van der Waals surface area contributed by atoms with E-state index in [9.17, 15) is 24.6 Å². The first-order valence-corrected chi connectivity index (χ1v) is 24.5. The average Bonchev–Trinajstić information content (AvgIpc) is 3.20. The first-order chi connectivity index (χ1) is 27.9. The fourth-order valence-electron chi connectivity index (χ4n) is 8.00. The molecule has 1 saturated heterocycles. The molecule has 0 bridgehead atoms. The molecule has 0 aromatic rings. The van der Waals surface area contributed by atoms with Gasteiger partial charge in [-0.15, -0.1) is 0 Å². The van der Waals surface area contributed by atoms with Gasteiger partial charge in [-0.05, 0) is 19.3 Å². The summed E-state index contributed by atoms with van der Waals surface area (Å²) in [5.41, 5.74) is 0. The number of aliphatic hydroxyl groups excluding tert-OH is 2. The van der Waals surface area contributed by atoms with Crippen molar-refractivity contribution < 1.29 is 38.8 Å². The minimum absolute atomic E-state index is 0.188. The summed E-state index contributed by atoms with van der Waals surface area (Å²) in [5.74, 6) is -1.22. The number of carbonyl (C=O) groups is 3. The molecular weight excluding hydrogens is 719 g/mol. The number of amides is 1. The number of hydrogen-bond donors (Lipinski definition) is 3. The molecule has 0 spiro atoms. The number of unbranched alkanes of at least 4 members (excludes halogenated alkanes) is 30. The normalized spacial score (nSPS) is 19.4. The van der Waals surface area contributed by atoms with Crippen molar-refractivity contribution in [1.82, 2.24) is 5.32 Å². The van der Waals surface area contributed by atoms with E-state index in [1.165, 1.54) is 135 Å². The molecule has 0 aliphatic carbocycles. The summed E-state index contributed by atoms with van der Waals surface area (Å²) in [4.78, 5) is 39.5. The SMILES string of the molecule is CCCCCCCCCCCCCC(=O)NC1[C@H](O)OC(CO)[C@@H](OC(=O)CCCCCCCCCCCCC)[C@@H]1OC(=O)CCCCCCCCCCCCC. The van der Waals surface area contributed by atoms with E-state index in [1.807, 2.05) is 0 Å². The zero-order valence-electron chi connectivity index (χ0n) is 37.4. The predicted molar refractivity (Wildman–Crippen MR) is 233 cm³/mol. The molecule has 1 heterocycles. The molecule has 9 heteroatoms. The van der Waals surface area contributed by atoms with Crippen LogP contribution in [0.2, 0.25) is 0 Å². The average molecular weight is 810 g/mol. The standard InChI is InChI=1S/C48H91NO8/c1-4-7-10-13-16-19-22-25-28-31-34-37-42(51)49-45-47(57-44(53)39-36-33-30-27-24-21-18-15-12-9-6-3)46(41(40-50)55-48(45)54)56-43(52)38-35-32-29-26-23-20-17-14-11-8-5-2/h41,45-48,50,54H,4-40H2,1-3H3,(H,49,51)/t41?,45?,46-,47-,48-/m1/s1. The van der Waals surface area contributed by atoms with Crippen molar-refractivity contribution in [1.29, 1.82) is 0 Å². The number of rotatable bonds is 40.